The van der Waals surface area contributed by atoms with E-state index in [-0.39, 0.29) is 22.4 Å². The number of rotatable bonds is 8. The summed E-state index contributed by atoms with van der Waals surface area (Å²) in [7, 11) is 0. The molecule has 2 saturated heterocycles. The molecule has 0 aromatic heterocycles. The second-order valence-corrected chi connectivity index (χ2v) is 10.2. The molecule has 1 aromatic carbocycles. The molecule has 3 heterocycles. The number of fused-ring (bicyclic) bond motifs is 1. The van der Waals surface area contributed by atoms with Crippen molar-refractivity contribution >= 4 is 47.9 Å². The van der Waals surface area contributed by atoms with Crippen molar-refractivity contribution in [3.05, 3.63) is 40.4 Å². The second kappa shape index (κ2) is 9.10. The monoisotopic (exact) mass is 502 g/mol. The fraction of sp³-hybridized carbons (Fsp3) is 0.435. The van der Waals surface area contributed by atoms with Gasteiger partial charge in [0.05, 0.1) is 23.8 Å². The van der Waals surface area contributed by atoms with Gasteiger partial charge in [-0.3, -0.25) is 19.5 Å². The van der Waals surface area contributed by atoms with Crippen LogP contribution in [0.15, 0.2) is 39.9 Å². The second-order valence-electron chi connectivity index (χ2n) is 8.90. The first-order chi connectivity index (χ1) is 16.5. The highest BCUT2D eigenvalue weighted by Crippen LogP contribution is 2.54. The number of aliphatic hydroxyl groups is 1. The first-order valence-corrected chi connectivity index (χ1v) is 11.9. The first kappa shape index (κ1) is 24.9. The molecule has 0 radical (unpaired) electrons. The third-order valence-corrected chi connectivity index (χ3v) is 8.34. The number of hydrogen-bond donors (Lipinski definition) is 5. The van der Waals surface area contributed by atoms with E-state index < -0.39 is 47.5 Å². The first-order valence-electron chi connectivity index (χ1n) is 11.0. The molecule has 0 aliphatic carbocycles. The van der Waals surface area contributed by atoms with Crippen LogP contribution in [-0.2, 0) is 14.4 Å². The number of carbonyl (C=O) groups excluding carboxylic acids is 2. The van der Waals surface area contributed by atoms with E-state index >= 15 is 0 Å². The molecule has 5 N–H and O–H groups in total. The Labute approximate surface area is 205 Å². The molecule has 0 bridgehead atoms. The highest BCUT2D eigenvalue weighted by molar-refractivity contribution is 8.03. The number of aliphatic imine (C=N–C) groups is 1. The lowest BCUT2D eigenvalue weighted by atomic mass is 9.72. The lowest BCUT2D eigenvalue weighted by Gasteiger charge is -2.53. The third kappa shape index (κ3) is 3.91. The normalized spacial score (nSPS) is 30.5. The number of benzene rings is 1. The predicted octanol–water partition coefficient (Wildman–Crippen LogP) is 0.764. The molecule has 2 fully saturated rings. The van der Waals surface area contributed by atoms with Crippen molar-refractivity contribution in [1.29, 1.82) is 0 Å². The number of nitrogens with one attached hydrogen (secondary N) is 2. The summed E-state index contributed by atoms with van der Waals surface area (Å²) >= 11 is 1.31. The summed E-state index contributed by atoms with van der Waals surface area (Å²) < 4.78 is 0. The van der Waals surface area contributed by atoms with Crippen LogP contribution >= 0.6 is 11.8 Å². The number of aliphatic carboxylic acids is 1. The maximum absolute atomic E-state index is 12.9. The number of nitrogens with zero attached hydrogens (tertiary/aromatic N) is 2. The number of β-lactam (4-membered cyclic amide) rings is 1. The minimum absolute atomic E-state index is 0.0560. The standard InChI is InChI=1S/C23H26N4O7S/c1-10-17(16(21(32)33)27-18(10)23(24-3,11(2)28)22(27)34)35-14-8-15(25-9-14)19(29)26-13-6-4-5-12(7-13)20(30)31/h4-7,10-11,14-15,18,25,28H,3,8-9H2,1-2H3,(H,26,29)(H,30,31)(H,32,33). The van der Waals surface area contributed by atoms with E-state index in [9.17, 15) is 29.4 Å². The van der Waals surface area contributed by atoms with Gasteiger partial charge in [-0.25, -0.2) is 9.59 Å². The molecule has 186 valence electrons. The highest BCUT2D eigenvalue weighted by atomic mass is 32.2. The third-order valence-electron chi connectivity index (χ3n) is 6.83. The van der Waals surface area contributed by atoms with Gasteiger partial charge in [0.1, 0.15) is 5.70 Å². The molecule has 2 amide bonds. The molecule has 0 saturated carbocycles. The van der Waals surface area contributed by atoms with Crippen LogP contribution in [-0.4, -0.2) is 86.2 Å². The number of amides is 2. The van der Waals surface area contributed by atoms with E-state index in [1.54, 1.807) is 13.0 Å². The van der Waals surface area contributed by atoms with Gasteiger partial charge in [0.15, 0.2) is 5.54 Å². The van der Waals surface area contributed by atoms with Crippen molar-refractivity contribution in [3.8, 4) is 0 Å². The molecule has 12 heteroatoms. The fourth-order valence-corrected chi connectivity index (χ4v) is 6.59. The Bertz CT molecular complexity index is 1150. The lowest BCUT2D eigenvalue weighted by molar-refractivity contribution is -0.166. The van der Waals surface area contributed by atoms with Gasteiger partial charge in [-0.05, 0) is 38.3 Å². The zero-order valence-electron chi connectivity index (χ0n) is 19.1. The maximum atomic E-state index is 12.9. The Morgan fingerprint density at radius 3 is 2.63 bits per heavy atom. The van der Waals surface area contributed by atoms with Crippen LogP contribution in [0.5, 0.6) is 0 Å². The van der Waals surface area contributed by atoms with Gasteiger partial charge >= 0.3 is 11.9 Å². The van der Waals surface area contributed by atoms with Gasteiger partial charge in [0.25, 0.3) is 5.91 Å². The maximum Gasteiger partial charge on any atom is 0.353 e. The number of carboxylic acids is 2. The van der Waals surface area contributed by atoms with Gasteiger partial charge in [0, 0.05) is 28.3 Å². The van der Waals surface area contributed by atoms with Crippen molar-refractivity contribution in [2.24, 2.45) is 10.9 Å². The summed E-state index contributed by atoms with van der Waals surface area (Å²) in [4.78, 5) is 54.5. The molecule has 35 heavy (non-hydrogen) atoms. The van der Waals surface area contributed by atoms with Crippen LogP contribution in [0.3, 0.4) is 0 Å². The van der Waals surface area contributed by atoms with Crippen LogP contribution in [0.25, 0.3) is 0 Å². The van der Waals surface area contributed by atoms with Gasteiger partial charge in [-0.1, -0.05) is 13.0 Å². The lowest BCUT2D eigenvalue weighted by Crippen LogP contribution is -2.76. The molecule has 6 unspecified atom stereocenters. The molecule has 0 spiro atoms. The van der Waals surface area contributed by atoms with Crippen LogP contribution in [0.1, 0.15) is 30.6 Å². The number of hydrogen-bond acceptors (Lipinski definition) is 8. The van der Waals surface area contributed by atoms with Crippen molar-refractivity contribution in [3.63, 3.8) is 0 Å². The van der Waals surface area contributed by atoms with E-state index in [1.165, 1.54) is 41.8 Å². The minimum atomic E-state index is -1.48. The number of aromatic carboxylic acids is 1. The molecular weight excluding hydrogens is 476 g/mol. The Kier molecular flexibility index (Phi) is 6.47. The topological polar surface area (TPSA) is 169 Å². The van der Waals surface area contributed by atoms with Gasteiger partial charge in [0.2, 0.25) is 5.91 Å². The molecule has 11 nitrogen and oxygen atoms in total. The van der Waals surface area contributed by atoms with E-state index in [2.05, 4.69) is 22.3 Å². The minimum Gasteiger partial charge on any atom is -0.478 e. The summed E-state index contributed by atoms with van der Waals surface area (Å²) in [6.07, 6.45) is -0.727. The van der Waals surface area contributed by atoms with Crippen LogP contribution in [0.2, 0.25) is 0 Å². The molecule has 6 atom stereocenters. The molecule has 1 aromatic rings. The smallest absolute Gasteiger partial charge is 0.353 e. The number of anilines is 1. The zero-order chi connectivity index (χ0) is 25.7. The highest BCUT2D eigenvalue weighted by Gasteiger charge is 2.70. The largest absolute Gasteiger partial charge is 0.478 e. The van der Waals surface area contributed by atoms with Crippen LogP contribution in [0.4, 0.5) is 5.69 Å². The van der Waals surface area contributed by atoms with Crippen molar-refractivity contribution in [2.75, 3.05) is 11.9 Å². The Morgan fingerprint density at radius 1 is 1.31 bits per heavy atom. The van der Waals surface area contributed by atoms with Crippen molar-refractivity contribution in [2.45, 2.75) is 49.2 Å². The van der Waals surface area contributed by atoms with Gasteiger partial charge < -0.3 is 26.0 Å². The van der Waals surface area contributed by atoms with E-state index in [0.717, 1.165) is 0 Å². The Hall–Kier alpha value is -3.22. The van der Waals surface area contributed by atoms with Crippen molar-refractivity contribution in [1.82, 2.24) is 10.2 Å². The number of carboxylic acid groups (broad SMARTS) is 2. The number of thioether (sulfide) groups is 1. The van der Waals surface area contributed by atoms with Crippen molar-refractivity contribution < 1.29 is 34.5 Å². The fourth-order valence-electron chi connectivity index (χ4n) is 5.12. The van der Waals surface area contributed by atoms with Crippen LogP contribution in [0, 0.1) is 5.92 Å². The number of aliphatic hydroxyl groups excluding tert-OH is 1. The number of carbonyl (C=O) groups is 4. The predicted molar refractivity (Wildman–Crippen MR) is 128 cm³/mol. The molecule has 3 aliphatic heterocycles. The Balaban J connectivity index is 1.47. The summed E-state index contributed by atoms with van der Waals surface area (Å²) in [5.74, 6) is -3.64. The zero-order valence-corrected chi connectivity index (χ0v) is 19.9. The molecule has 4 rings (SSSR count). The average Bonchev–Trinajstić information content (AvgIpc) is 3.37. The summed E-state index contributed by atoms with van der Waals surface area (Å²) in [6.45, 7) is 7.15. The molecular formula is C23H26N4O7S. The van der Waals surface area contributed by atoms with E-state index in [1.807, 2.05) is 0 Å². The molecule has 3 aliphatic rings. The van der Waals surface area contributed by atoms with Gasteiger partial charge in [-0.15, -0.1) is 11.8 Å². The van der Waals surface area contributed by atoms with E-state index in [4.69, 9.17) is 5.11 Å². The van der Waals surface area contributed by atoms with Crippen LogP contribution < -0.4 is 10.6 Å². The average molecular weight is 503 g/mol. The van der Waals surface area contributed by atoms with Gasteiger partial charge in [-0.2, -0.15) is 0 Å². The summed E-state index contributed by atoms with van der Waals surface area (Å²) in [5, 5.41) is 35.0. The summed E-state index contributed by atoms with van der Waals surface area (Å²) in [6, 6.07) is 4.73. The van der Waals surface area contributed by atoms with E-state index in [0.29, 0.717) is 23.6 Å². The SMILES string of the molecule is C=NC1(C(C)O)C(=O)N2C(C(=O)O)=C(SC3CNC(C(=O)Nc4cccc(C(=O)O)c4)C3)C(C)C21. The Morgan fingerprint density at radius 2 is 2.03 bits per heavy atom. The quantitative estimate of drug-likeness (QED) is 0.254. The summed E-state index contributed by atoms with van der Waals surface area (Å²) in [5.41, 5.74) is -1.18.